The van der Waals surface area contributed by atoms with Gasteiger partial charge in [0.1, 0.15) is 0 Å². The summed E-state index contributed by atoms with van der Waals surface area (Å²) < 4.78 is 0. The van der Waals surface area contributed by atoms with Gasteiger partial charge < -0.3 is 24.8 Å². The molecule has 2 aliphatic rings. The zero-order valence-corrected chi connectivity index (χ0v) is 15.8. The minimum Gasteiger partial charge on any atom is -1.00 e. The number of hydrogen-bond acceptors (Lipinski definition) is 0. The predicted molar refractivity (Wildman–Crippen MR) is 74.5 cm³/mol. The van der Waals surface area contributed by atoms with Crippen LogP contribution in [0.1, 0.15) is 47.0 Å². The van der Waals surface area contributed by atoms with E-state index in [4.69, 9.17) is 0 Å². The number of halogens is 2. The van der Waals surface area contributed by atoms with Crippen LogP contribution in [-0.4, -0.2) is 0 Å². The normalized spacial score (nSPS) is 23.9. The average Bonchev–Trinajstić information content (AvgIpc) is 2.74. The number of hydrogen-bond donors (Lipinski definition) is 0. The van der Waals surface area contributed by atoms with Crippen LogP contribution < -0.4 is 24.8 Å². The van der Waals surface area contributed by atoms with Gasteiger partial charge in [0.05, 0.1) is 0 Å². The van der Waals surface area contributed by atoms with Crippen molar-refractivity contribution < 1.29 is 46.5 Å². The van der Waals surface area contributed by atoms with Crippen molar-refractivity contribution in [3.8, 4) is 0 Å². The Morgan fingerprint density at radius 2 is 1.90 bits per heavy atom. The summed E-state index contributed by atoms with van der Waals surface area (Å²) in [6.45, 7) is 9.21. The summed E-state index contributed by atoms with van der Waals surface area (Å²) in [5.41, 5.74) is 4.68. The fraction of sp³-hybridized carbons (Fsp3) is 0.529. The Balaban J connectivity index is 0. The average molecular weight is 346 g/mol. The van der Waals surface area contributed by atoms with E-state index in [1.54, 1.807) is 5.57 Å². The summed E-state index contributed by atoms with van der Waals surface area (Å²) >= 11 is 0. The zero-order valence-electron chi connectivity index (χ0n) is 12.8. The Morgan fingerprint density at radius 3 is 2.35 bits per heavy atom. The molecule has 1 unspecified atom stereocenters. The molecular formula is C17H23Cl2Ti. The first kappa shape index (κ1) is 22.5. The van der Waals surface area contributed by atoms with Crippen molar-refractivity contribution in [3.63, 3.8) is 0 Å². The van der Waals surface area contributed by atoms with Gasteiger partial charge >= 0.3 is 21.7 Å². The minimum absolute atomic E-state index is 0. The Morgan fingerprint density at radius 1 is 1.25 bits per heavy atom. The first-order valence-electron chi connectivity index (χ1n) is 6.66. The van der Waals surface area contributed by atoms with E-state index < -0.39 is 0 Å². The van der Waals surface area contributed by atoms with Crippen LogP contribution in [0.5, 0.6) is 0 Å². The molecule has 1 radical (unpaired) electrons. The maximum absolute atomic E-state index is 3.47. The standard InChI is InChI=1S/C17H23.2ClH.Ti/c1-13(2)17(12-16-7-5-6-8-16)10-9-14(3)11-15(17)4;;;/h5,7,9,11,13H,6,10,12H2,1-4H3;2*1H;/q-1;;;+3/p-2. The van der Waals surface area contributed by atoms with Crippen molar-refractivity contribution >= 4 is 0 Å². The molecule has 2 rings (SSSR count). The Hall–Kier alpha value is 0.254. The topological polar surface area (TPSA) is 0 Å². The molecule has 0 N–H and O–H groups in total. The largest absolute Gasteiger partial charge is 3.00 e. The summed E-state index contributed by atoms with van der Waals surface area (Å²) in [6, 6.07) is 0. The van der Waals surface area contributed by atoms with Crippen LogP contribution in [0.4, 0.5) is 0 Å². The van der Waals surface area contributed by atoms with Gasteiger partial charge in [-0.3, -0.25) is 6.08 Å². The van der Waals surface area contributed by atoms with Gasteiger partial charge in [0.25, 0.3) is 0 Å². The predicted octanol–water partition coefficient (Wildman–Crippen LogP) is -0.990. The van der Waals surface area contributed by atoms with Gasteiger partial charge in [-0.15, -0.1) is 6.42 Å². The fourth-order valence-electron chi connectivity index (χ4n) is 3.07. The van der Waals surface area contributed by atoms with Crippen LogP contribution in [-0.2, 0) is 21.7 Å². The summed E-state index contributed by atoms with van der Waals surface area (Å²) in [6.07, 6.45) is 16.0. The van der Waals surface area contributed by atoms with Gasteiger partial charge in [0.15, 0.2) is 0 Å². The molecule has 0 nitrogen and oxygen atoms in total. The molecule has 0 amide bonds. The second-order valence-electron chi connectivity index (χ2n) is 5.78. The maximum Gasteiger partial charge on any atom is 3.00 e. The van der Waals surface area contributed by atoms with E-state index in [1.165, 1.54) is 17.6 Å². The van der Waals surface area contributed by atoms with E-state index >= 15 is 0 Å². The Bertz CT molecular complexity index is 430. The van der Waals surface area contributed by atoms with Crippen molar-refractivity contribution in [2.75, 3.05) is 0 Å². The van der Waals surface area contributed by atoms with E-state index in [0.717, 1.165) is 12.8 Å². The molecule has 20 heavy (non-hydrogen) atoms. The SMILES string of the molecule is CC1=CCC(CC2=[C-]CC=C2)(C(C)C)C(C)=C1.[Cl-].[Cl-].[Ti+3]. The van der Waals surface area contributed by atoms with Gasteiger partial charge in [-0.2, -0.15) is 6.08 Å². The molecule has 0 heterocycles. The van der Waals surface area contributed by atoms with Gasteiger partial charge in [0, 0.05) is 0 Å². The van der Waals surface area contributed by atoms with Crippen molar-refractivity contribution in [2.24, 2.45) is 11.3 Å². The van der Waals surface area contributed by atoms with Crippen LogP contribution in [0.15, 0.2) is 41.0 Å². The smallest absolute Gasteiger partial charge is 1.00 e. The van der Waals surface area contributed by atoms with Crippen LogP contribution in [0.3, 0.4) is 0 Å². The summed E-state index contributed by atoms with van der Waals surface area (Å²) in [5.74, 6) is 0.673. The maximum atomic E-state index is 3.47. The molecule has 3 heteroatoms. The third kappa shape index (κ3) is 4.63. The number of rotatable bonds is 3. The molecule has 0 bridgehead atoms. The van der Waals surface area contributed by atoms with E-state index in [2.05, 4.69) is 58.1 Å². The van der Waals surface area contributed by atoms with E-state index in [0.29, 0.717) is 11.3 Å². The molecular weight excluding hydrogens is 323 g/mol. The number of allylic oxidation sites excluding steroid dienone is 8. The van der Waals surface area contributed by atoms with Crippen molar-refractivity contribution in [2.45, 2.75) is 47.0 Å². The second-order valence-corrected chi connectivity index (χ2v) is 5.78. The van der Waals surface area contributed by atoms with Crippen LogP contribution in [0.2, 0.25) is 0 Å². The molecule has 0 aromatic heterocycles. The molecule has 109 valence electrons. The molecule has 1 atom stereocenters. The Kier molecular flexibility index (Phi) is 10.5. The molecule has 0 saturated heterocycles. The van der Waals surface area contributed by atoms with Gasteiger partial charge in [-0.1, -0.05) is 43.6 Å². The molecule has 0 fully saturated rings. The summed E-state index contributed by atoms with van der Waals surface area (Å²) in [5, 5.41) is 0. The van der Waals surface area contributed by atoms with E-state index in [-0.39, 0.29) is 46.5 Å². The fourth-order valence-corrected chi connectivity index (χ4v) is 3.07. The monoisotopic (exact) mass is 345 g/mol. The molecule has 0 spiro atoms. The van der Waals surface area contributed by atoms with Crippen LogP contribution in [0.25, 0.3) is 0 Å². The second kappa shape index (κ2) is 9.31. The Labute approximate surface area is 151 Å². The molecule has 2 aliphatic carbocycles. The molecule has 0 aliphatic heterocycles. The quantitative estimate of drug-likeness (QED) is 0.455. The van der Waals surface area contributed by atoms with E-state index in [1.807, 2.05) is 0 Å². The van der Waals surface area contributed by atoms with Crippen LogP contribution in [0, 0.1) is 17.4 Å². The van der Waals surface area contributed by atoms with E-state index in [9.17, 15) is 0 Å². The third-order valence-corrected chi connectivity index (χ3v) is 4.39. The third-order valence-electron chi connectivity index (χ3n) is 4.39. The van der Waals surface area contributed by atoms with Crippen molar-refractivity contribution in [1.82, 2.24) is 0 Å². The van der Waals surface area contributed by atoms with Gasteiger partial charge in [0.2, 0.25) is 0 Å². The molecule has 0 aromatic rings. The summed E-state index contributed by atoms with van der Waals surface area (Å²) in [4.78, 5) is 0. The molecule has 0 aromatic carbocycles. The van der Waals surface area contributed by atoms with Crippen molar-refractivity contribution in [3.05, 3.63) is 47.1 Å². The minimum atomic E-state index is 0. The first-order chi connectivity index (χ1) is 8.04. The van der Waals surface area contributed by atoms with Gasteiger partial charge in [-0.25, -0.2) is 11.6 Å². The van der Waals surface area contributed by atoms with Gasteiger partial charge in [-0.05, 0) is 31.6 Å². The van der Waals surface area contributed by atoms with Crippen molar-refractivity contribution in [1.29, 1.82) is 0 Å². The summed E-state index contributed by atoms with van der Waals surface area (Å²) in [7, 11) is 0. The van der Waals surface area contributed by atoms with Crippen LogP contribution >= 0.6 is 0 Å². The first-order valence-corrected chi connectivity index (χ1v) is 6.66. The molecule has 0 saturated carbocycles. The zero-order chi connectivity index (χ0) is 12.5.